The Kier molecular flexibility index (Phi) is 3.73. The van der Waals surface area contributed by atoms with Crippen LogP contribution in [0.25, 0.3) is 0 Å². The summed E-state index contributed by atoms with van der Waals surface area (Å²) in [5.74, 6) is 3.55. The number of hydrogen-bond acceptors (Lipinski definition) is 5. The van der Waals surface area contributed by atoms with Gasteiger partial charge < -0.3 is 10.1 Å². The normalized spacial score (nSPS) is 14.0. The summed E-state index contributed by atoms with van der Waals surface area (Å²) in [6.07, 6.45) is 4.06. The van der Waals surface area contributed by atoms with E-state index in [4.69, 9.17) is 4.74 Å². The first-order valence-electron chi connectivity index (χ1n) is 7.40. The first-order chi connectivity index (χ1) is 10.2. The van der Waals surface area contributed by atoms with Crippen molar-refractivity contribution in [2.75, 3.05) is 11.9 Å². The Hall–Kier alpha value is -2.17. The lowest BCUT2D eigenvalue weighted by Crippen LogP contribution is -2.07. The van der Waals surface area contributed by atoms with E-state index in [9.17, 15) is 0 Å². The molecule has 3 rings (SSSR count). The number of aromatic nitrogens is 3. The third-order valence-electron chi connectivity index (χ3n) is 3.50. The highest BCUT2D eigenvalue weighted by molar-refractivity contribution is 5.50. The van der Waals surface area contributed by atoms with Crippen molar-refractivity contribution in [3.8, 4) is 11.6 Å². The van der Waals surface area contributed by atoms with Gasteiger partial charge in [-0.1, -0.05) is 0 Å². The average molecular weight is 284 g/mol. The van der Waals surface area contributed by atoms with Gasteiger partial charge in [0, 0.05) is 18.2 Å². The molecule has 0 unspecified atom stereocenters. The van der Waals surface area contributed by atoms with Gasteiger partial charge in [0.05, 0.1) is 11.8 Å². The SMILES string of the molecule is CCNc1nc(C2CC2)nc(Oc2ccc(C)nc2)c1C. The molecule has 0 spiro atoms. The van der Waals surface area contributed by atoms with Gasteiger partial charge in [0.2, 0.25) is 5.88 Å². The van der Waals surface area contributed by atoms with Crippen molar-refractivity contribution in [2.45, 2.75) is 39.5 Å². The summed E-state index contributed by atoms with van der Waals surface area (Å²) in [5.41, 5.74) is 1.90. The zero-order valence-corrected chi connectivity index (χ0v) is 12.7. The van der Waals surface area contributed by atoms with Crippen molar-refractivity contribution in [3.63, 3.8) is 0 Å². The van der Waals surface area contributed by atoms with Crippen molar-refractivity contribution in [3.05, 3.63) is 35.4 Å². The van der Waals surface area contributed by atoms with E-state index in [1.807, 2.05) is 26.0 Å². The Morgan fingerprint density at radius 1 is 1.24 bits per heavy atom. The van der Waals surface area contributed by atoms with Crippen LogP contribution in [0.5, 0.6) is 11.6 Å². The maximum atomic E-state index is 5.92. The van der Waals surface area contributed by atoms with Crippen molar-refractivity contribution >= 4 is 5.82 Å². The van der Waals surface area contributed by atoms with Crippen LogP contribution in [0.3, 0.4) is 0 Å². The Morgan fingerprint density at radius 2 is 2.05 bits per heavy atom. The number of aryl methyl sites for hydroxylation is 1. The first-order valence-corrected chi connectivity index (χ1v) is 7.40. The molecule has 1 N–H and O–H groups in total. The van der Waals surface area contributed by atoms with E-state index in [0.29, 0.717) is 17.5 Å². The van der Waals surface area contributed by atoms with E-state index in [1.54, 1.807) is 6.20 Å². The van der Waals surface area contributed by atoms with E-state index < -0.39 is 0 Å². The number of nitrogens with zero attached hydrogens (tertiary/aromatic N) is 3. The van der Waals surface area contributed by atoms with Crippen LogP contribution < -0.4 is 10.1 Å². The van der Waals surface area contributed by atoms with Gasteiger partial charge in [-0.25, -0.2) is 4.98 Å². The molecule has 0 aromatic carbocycles. The van der Waals surface area contributed by atoms with Gasteiger partial charge in [-0.2, -0.15) is 4.98 Å². The lowest BCUT2D eigenvalue weighted by Gasteiger charge is -2.13. The summed E-state index contributed by atoms with van der Waals surface area (Å²) in [4.78, 5) is 13.5. The lowest BCUT2D eigenvalue weighted by molar-refractivity contribution is 0.452. The molecule has 1 aliphatic carbocycles. The molecule has 5 nitrogen and oxygen atoms in total. The summed E-state index contributed by atoms with van der Waals surface area (Å²) in [5, 5.41) is 3.29. The van der Waals surface area contributed by atoms with E-state index in [0.717, 1.165) is 29.4 Å². The van der Waals surface area contributed by atoms with Gasteiger partial charge in [-0.3, -0.25) is 4.98 Å². The summed E-state index contributed by atoms with van der Waals surface area (Å²) in [6.45, 7) is 6.82. The van der Waals surface area contributed by atoms with Crippen LogP contribution in [-0.2, 0) is 0 Å². The third kappa shape index (κ3) is 3.12. The molecule has 0 atom stereocenters. The molecule has 2 heterocycles. The molecule has 1 fully saturated rings. The van der Waals surface area contributed by atoms with Gasteiger partial charge in [0.1, 0.15) is 17.4 Å². The fourth-order valence-corrected chi connectivity index (χ4v) is 2.10. The maximum absolute atomic E-state index is 5.92. The van der Waals surface area contributed by atoms with E-state index in [1.165, 1.54) is 12.8 Å². The van der Waals surface area contributed by atoms with E-state index in [-0.39, 0.29) is 0 Å². The molecule has 1 saturated carbocycles. The Bertz CT molecular complexity index is 635. The standard InChI is InChI=1S/C16H20N4O/c1-4-17-14-11(3)16(20-15(19-14)12-6-7-12)21-13-8-5-10(2)18-9-13/h5,8-9,12H,4,6-7H2,1-3H3,(H,17,19,20). The largest absolute Gasteiger partial charge is 0.437 e. The molecule has 0 amide bonds. The Morgan fingerprint density at radius 3 is 2.67 bits per heavy atom. The second-order valence-corrected chi connectivity index (χ2v) is 5.40. The van der Waals surface area contributed by atoms with Gasteiger partial charge in [0.25, 0.3) is 0 Å². The summed E-state index contributed by atoms with van der Waals surface area (Å²) < 4.78 is 5.92. The quantitative estimate of drug-likeness (QED) is 0.909. The zero-order chi connectivity index (χ0) is 14.8. The highest BCUT2D eigenvalue weighted by Gasteiger charge is 2.28. The number of nitrogens with one attached hydrogen (secondary N) is 1. The molecule has 21 heavy (non-hydrogen) atoms. The first kappa shape index (κ1) is 13.8. The Balaban J connectivity index is 1.93. The monoisotopic (exact) mass is 284 g/mol. The fourth-order valence-electron chi connectivity index (χ4n) is 2.10. The second-order valence-electron chi connectivity index (χ2n) is 5.40. The van der Waals surface area contributed by atoms with Gasteiger partial charge in [-0.15, -0.1) is 0 Å². The van der Waals surface area contributed by atoms with Crippen molar-refractivity contribution in [1.29, 1.82) is 0 Å². The fraction of sp³-hybridized carbons (Fsp3) is 0.438. The van der Waals surface area contributed by atoms with Crippen LogP contribution in [0.15, 0.2) is 18.3 Å². The van der Waals surface area contributed by atoms with Crippen LogP contribution in [0, 0.1) is 13.8 Å². The minimum Gasteiger partial charge on any atom is -0.437 e. The summed E-state index contributed by atoms with van der Waals surface area (Å²) >= 11 is 0. The topological polar surface area (TPSA) is 59.9 Å². The van der Waals surface area contributed by atoms with Crippen LogP contribution >= 0.6 is 0 Å². The van der Waals surface area contributed by atoms with Crippen molar-refractivity contribution < 1.29 is 4.74 Å². The number of pyridine rings is 1. The number of anilines is 1. The predicted octanol–water partition coefficient (Wildman–Crippen LogP) is 3.59. The maximum Gasteiger partial charge on any atom is 0.227 e. The van der Waals surface area contributed by atoms with Gasteiger partial charge in [-0.05, 0) is 45.7 Å². The minimum absolute atomic E-state index is 0.487. The van der Waals surface area contributed by atoms with Crippen LogP contribution in [0.4, 0.5) is 5.82 Å². The molecule has 0 bridgehead atoms. The molecule has 2 aromatic rings. The minimum atomic E-state index is 0.487. The van der Waals surface area contributed by atoms with Crippen molar-refractivity contribution in [2.24, 2.45) is 0 Å². The predicted molar refractivity (Wildman–Crippen MR) is 82.0 cm³/mol. The third-order valence-corrected chi connectivity index (χ3v) is 3.50. The molecule has 0 saturated heterocycles. The number of rotatable bonds is 5. The molecule has 0 radical (unpaired) electrons. The molecule has 0 aliphatic heterocycles. The molecule has 110 valence electrons. The highest BCUT2D eigenvalue weighted by Crippen LogP contribution is 2.40. The highest BCUT2D eigenvalue weighted by atomic mass is 16.5. The second kappa shape index (κ2) is 5.68. The number of ether oxygens (including phenoxy) is 1. The van der Waals surface area contributed by atoms with Crippen LogP contribution in [0.2, 0.25) is 0 Å². The molecular weight excluding hydrogens is 264 g/mol. The lowest BCUT2D eigenvalue weighted by atomic mass is 10.3. The number of hydrogen-bond donors (Lipinski definition) is 1. The van der Waals surface area contributed by atoms with Crippen LogP contribution in [-0.4, -0.2) is 21.5 Å². The van der Waals surface area contributed by atoms with Crippen molar-refractivity contribution in [1.82, 2.24) is 15.0 Å². The van der Waals surface area contributed by atoms with Gasteiger partial charge >= 0.3 is 0 Å². The summed E-state index contributed by atoms with van der Waals surface area (Å²) in [6, 6.07) is 3.84. The Labute approximate surface area is 124 Å². The average Bonchev–Trinajstić information content (AvgIpc) is 3.30. The van der Waals surface area contributed by atoms with E-state index >= 15 is 0 Å². The van der Waals surface area contributed by atoms with Gasteiger partial charge in [0.15, 0.2) is 0 Å². The molecular formula is C16H20N4O. The molecule has 5 heteroatoms. The molecule has 2 aromatic heterocycles. The van der Waals surface area contributed by atoms with Crippen LogP contribution in [0.1, 0.15) is 42.8 Å². The molecule has 1 aliphatic rings. The van der Waals surface area contributed by atoms with E-state index in [2.05, 4.69) is 27.2 Å². The zero-order valence-electron chi connectivity index (χ0n) is 12.7. The smallest absolute Gasteiger partial charge is 0.227 e. The summed E-state index contributed by atoms with van der Waals surface area (Å²) in [7, 11) is 0.